The van der Waals surface area contributed by atoms with E-state index < -0.39 is 95.2 Å². The summed E-state index contributed by atoms with van der Waals surface area (Å²) in [5.41, 5.74) is -1.20. The quantitative estimate of drug-likeness (QED) is 0.156. The normalized spacial score (nSPS) is 38.5. The highest BCUT2D eigenvalue weighted by Crippen LogP contribution is 2.59. The van der Waals surface area contributed by atoms with Crippen molar-refractivity contribution >= 4 is 23.6 Å². The van der Waals surface area contributed by atoms with Gasteiger partial charge in [-0.2, -0.15) is 4.39 Å². The van der Waals surface area contributed by atoms with Gasteiger partial charge in [0.05, 0.1) is 35.9 Å². The molecule has 14 atom stereocenters. The summed E-state index contributed by atoms with van der Waals surface area (Å²) in [6, 6.07) is 1.86. The minimum absolute atomic E-state index is 0.123. The lowest BCUT2D eigenvalue weighted by molar-refractivity contribution is -0.295. The van der Waals surface area contributed by atoms with Crippen LogP contribution in [0.2, 0.25) is 0 Å². The predicted octanol–water partition coefficient (Wildman–Crippen LogP) is 4.29. The number of aryl methyl sites for hydroxylation is 1. The molecule has 4 aliphatic rings. The predicted molar refractivity (Wildman–Crippen MR) is 207 cm³/mol. The standard InChI is InChI=1S/C42H60FN5O10/c1-22-18-41(7,54-10)36(57-39-34(51)30(46(8)9)17-23(2)55-39)25(4)33(50)26(5)38(52)56-37-27(6)42(37)35(24(3)32(22)49)48(40(53)58-42)16-12-11-15-47-20-29(45-21-47)28-13-14-31(43)44-19-28/h13-14,19-27,30,34-37,39,51H,11-12,15-18H2,1-10H3/t22-,23-,24+,25+,26-,27?,30+,34-,35-,36-,37-,39+,41+,42+/m1/s1. The fourth-order valence-corrected chi connectivity index (χ4v) is 9.66. The molecule has 1 spiro atoms. The van der Waals surface area contributed by atoms with Crippen LogP contribution in [-0.2, 0) is 44.6 Å². The monoisotopic (exact) mass is 813 g/mol. The molecule has 16 heteroatoms. The Balaban J connectivity index is 1.24. The fourth-order valence-electron chi connectivity index (χ4n) is 9.66. The first kappa shape index (κ1) is 43.7. The summed E-state index contributed by atoms with van der Waals surface area (Å²) in [5.74, 6) is -5.94. The van der Waals surface area contributed by atoms with Gasteiger partial charge in [-0.3, -0.25) is 14.4 Å². The fraction of sp³-hybridized carbons (Fsp3) is 0.714. The van der Waals surface area contributed by atoms with Crippen LogP contribution < -0.4 is 0 Å². The van der Waals surface area contributed by atoms with Gasteiger partial charge in [0.15, 0.2) is 23.8 Å². The van der Waals surface area contributed by atoms with Gasteiger partial charge < -0.3 is 43.2 Å². The van der Waals surface area contributed by atoms with Gasteiger partial charge in [0.1, 0.15) is 17.8 Å². The summed E-state index contributed by atoms with van der Waals surface area (Å²) < 4.78 is 46.3. The van der Waals surface area contributed by atoms with Crippen LogP contribution in [0, 0.1) is 35.5 Å². The van der Waals surface area contributed by atoms with Gasteiger partial charge in [-0.05, 0) is 72.7 Å². The number of ketones is 2. The number of pyridine rings is 1. The number of likely N-dealkylation sites (N-methyl/N-ethyl adjacent to an activating group) is 1. The zero-order valence-corrected chi connectivity index (χ0v) is 35.3. The summed E-state index contributed by atoms with van der Waals surface area (Å²) in [6.07, 6.45) is 1.91. The van der Waals surface area contributed by atoms with Crippen molar-refractivity contribution in [1.82, 2.24) is 24.3 Å². The summed E-state index contributed by atoms with van der Waals surface area (Å²) >= 11 is 0. The number of aliphatic hydroxyl groups excluding tert-OH is 1. The van der Waals surface area contributed by atoms with E-state index in [1.54, 1.807) is 45.0 Å². The van der Waals surface area contributed by atoms with Crippen LogP contribution in [0.1, 0.15) is 74.1 Å². The van der Waals surface area contributed by atoms with Crippen molar-refractivity contribution in [3.63, 3.8) is 0 Å². The number of methoxy groups -OCH3 is 1. The molecule has 1 amide bonds. The first-order valence-electron chi connectivity index (χ1n) is 20.5. The van der Waals surface area contributed by atoms with E-state index in [4.69, 9.17) is 23.7 Å². The van der Waals surface area contributed by atoms with Crippen molar-refractivity contribution in [1.29, 1.82) is 0 Å². The SMILES string of the molecule is CO[C@@]1(C)C[C@@H](C)C(=O)[C@H](C)[C@H]2N(CCCCn3cnc(-c4ccc(F)nc4)c3)C(=O)O[C@@]23C(C)[C@H]3OC(=O)[C@H](C)C(=O)[C@H](C)[C@H]1O[C@@H]1O[C@H](C)C[C@H](N(C)C)[C@H]1O. The van der Waals surface area contributed by atoms with E-state index in [0.717, 1.165) is 0 Å². The number of unbranched alkanes of at least 4 members (excludes halogenated alkanes) is 1. The summed E-state index contributed by atoms with van der Waals surface area (Å²) in [6.45, 7) is 13.1. The number of ether oxygens (including phenoxy) is 5. The summed E-state index contributed by atoms with van der Waals surface area (Å²) in [5, 5.41) is 11.4. The highest BCUT2D eigenvalue weighted by Gasteiger charge is 2.78. The highest BCUT2D eigenvalue weighted by atomic mass is 19.1. The lowest BCUT2D eigenvalue weighted by Gasteiger charge is -2.46. The molecule has 3 saturated heterocycles. The molecular weight excluding hydrogens is 753 g/mol. The largest absolute Gasteiger partial charge is 0.457 e. The van der Waals surface area contributed by atoms with Crippen molar-refractivity contribution in [3.8, 4) is 11.3 Å². The van der Waals surface area contributed by atoms with Gasteiger partial charge in [-0.15, -0.1) is 0 Å². The molecule has 3 aliphatic heterocycles. The number of amides is 1. The Hall–Kier alpha value is -3.83. The van der Waals surface area contributed by atoms with Crippen LogP contribution in [0.3, 0.4) is 0 Å². The van der Waals surface area contributed by atoms with E-state index in [2.05, 4.69) is 9.97 Å². The van der Waals surface area contributed by atoms with Gasteiger partial charge in [0.25, 0.3) is 0 Å². The number of hydrogen-bond acceptors (Lipinski definition) is 13. The third-order valence-corrected chi connectivity index (χ3v) is 13.2. The molecule has 1 saturated carbocycles. The Bertz CT molecular complexity index is 1830. The number of rotatable bonds is 10. The van der Waals surface area contributed by atoms with E-state index in [1.165, 1.54) is 26.3 Å². The molecule has 320 valence electrons. The average molecular weight is 814 g/mol. The van der Waals surface area contributed by atoms with E-state index in [9.17, 15) is 28.7 Å². The van der Waals surface area contributed by atoms with Crippen molar-refractivity contribution in [2.45, 2.75) is 135 Å². The lowest BCUT2D eigenvalue weighted by atomic mass is 9.75. The molecule has 4 fully saturated rings. The summed E-state index contributed by atoms with van der Waals surface area (Å²) in [4.78, 5) is 68.1. The molecule has 0 bridgehead atoms. The molecular formula is C42H60FN5O10. The minimum atomic E-state index is -1.27. The molecule has 5 heterocycles. The molecule has 15 nitrogen and oxygen atoms in total. The second-order valence-corrected chi connectivity index (χ2v) is 17.4. The number of carbonyl (C=O) groups is 4. The second kappa shape index (κ2) is 17.0. The number of esters is 1. The molecule has 1 N–H and O–H groups in total. The molecule has 2 aromatic heterocycles. The Morgan fingerprint density at radius 1 is 1.00 bits per heavy atom. The van der Waals surface area contributed by atoms with Crippen LogP contribution in [0.15, 0.2) is 30.9 Å². The first-order chi connectivity index (χ1) is 27.3. The van der Waals surface area contributed by atoms with Gasteiger partial charge in [0.2, 0.25) is 5.95 Å². The smallest absolute Gasteiger partial charge is 0.410 e. The number of hydrogen-bond donors (Lipinski definition) is 1. The Labute approximate surface area is 339 Å². The van der Waals surface area contributed by atoms with E-state index in [0.29, 0.717) is 37.1 Å². The number of imidazole rings is 1. The van der Waals surface area contributed by atoms with Crippen molar-refractivity contribution in [3.05, 3.63) is 36.8 Å². The zero-order chi connectivity index (χ0) is 42.4. The second-order valence-electron chi connectivity index (χ2n) is 17.4. The third kappa shape index (κ3) is 8.19. The lowest BCUT2D eigenvalue weighted by Crippen LogP contribution is -2.59. The Morgan fingerprint density at radius 3 is 2.36 bits per heavy atom. The van der Waals surface area contributed by atoms with E-state index in [1.807, 2.05) is 43.6 Å². The molecule has 2 aromatic rings. The Morgan fingerprint density at radius 2 is 1.71 bits per heavy atom. The molecule has 1 aliphatic carbocycles. The van der Waals surface area contributed by atoms with Crippen molar-refractivity contribution < 1.29 is 52.4 Å². The van der Waals surface area contributed by atoms with Gasteiger partial charge in [-0.25, -0.2) is 14.8 Å². The number of Topliss-reactive ketones (excluding diaryl/α,β-unsaturated/α-hetero) is 2. The highest BCUT2D eigenvalue weighted by molar-refractivity contribution is 6.00. The van der Waals surface area contributed by atoms with Crippen LogP contribution >= 0.6 is 0 Å². The zero-order valence-electron chi connectivity index (χ0n) is 35.3. The first-order valence-corrected chi connectivity index (χ1v) is 20.5. The topological polar surface area (TPSA) is 172 Å². The number of aromatic nitrogens is 3. The number of aliphatic hydroxyl groups is 1. The molecule has 0 radical (unpaired) electrons. The van der Waals surface area contributed by atoms with E-state index >= 15 is 0 Å². The molecule has 0 aromatic carbocycles. The maximum atomic E-state index is 14.6. The van der Waals surface area contributed by atoms with Crippen molar-refractivity contribution in [2.24, 2.45) is 29.6 Å². The number of carbonyl (C=O) groups excluding carboxylic acids is 4. The maximum absolute atomic E-state index is 14.6. The minimum Gasteiger partial charge on any atom is -0.457 e. The number of halogens is 1. The Kier molecular flexibility index (Phi) is 12.8. The third-order valence-electron chi connectivity index (χ3n) is 13.2. The summed E-state index contributed by atoms with van der Waals surface area (Å²) in [7, 11) is 5.22. The van der Waals surface area contributed by atoms with Crippen LogP contribution in [0.5, 0.6) is 0 Å². The molecule has 58 heavy (non-hydrogen) atoms. The van der Waals surface area contributed by atoms with Gasteiger partial charge in [-0.1, -0.05) is 27.7 Å². The van der Waals surface area contributed by atoms with Crippen molar-refractivity contribution in [2.75, 3.05) is 27.7 Å². The molecule has 6 rings (SSSR count). The van der Waals surface area contributed by atoms with Crippen LogP contribution in [0.4, 0.5) is 9.18 Å². The maximum Gasteiger partial charge on any atom is 0.410 e. The van der Waals surface area contributed by atoms with Gasteiger partial charge >= 0.3 is 12.1 Å². The average Bonchev–Trinajstić information content (AvgIpc) is 3.47. The van der Waals surface area contributed by atoms with Crippen LogP contribution in [-0.4, -0.2) is 135 Å². The van der Waals surface area contributed by atoms with E-state index in [-0.39, 0.29) is 30.9 Å². The molecule has 1 unspecified atom stereocenters. The van der Waals surface area contributed by atoms with Crippen LogP contribution in [0.25, 0.3) is 11.3 Å². The van der Waals surface area contributed by atoms with Gasteiger partial charge in [0, 0.05) is 67.9 Å². The number of nitrogens with zero attached hydrogens (tertiary/aromatic N) is 5.